The number of aromatic nitrogens is 2. The van der Waals surface area contributed by atoms with Crippen LogP contribution in [-0.4, -0.2) is 31.1 Å². The summed E-state index contributed by atoms with van der Waals surface area (Å²) < 4.78 is 27.6. The van der Waals surface area contributed by atoms with Crippen molar-refractivity contribution in [3.8, 4) is 0 Å². The molecular weight excluding hydrogens is 228 g/mol. The van der Waals surface area contributed by atoms with Crippen LogP contribution in [-0.2, 0) is 16.6 Å². The fourth-order valence-electron chi connectivity index (χ4n) is 1.20. The summed E-state index contributed by atoms with van der Waals surface area (Å²) in [5.41, 5.74) is 5.32. The SMILES string of the molecule is CCn1cnc(S(=O)(=O)NCCCCN)c1. The number of nitrogens with one attached hydrogen (secondary N) is 1. The van der Waals surface area contributed by atoms with E-state index in [0.717, 1.165) is 12.8 Å². The van der Waals surface area contributed by atoms with Gasteiger partial charge in [0.05, 0.1) is 6.33 Å². The first-order chi connectivity index (χ1) is 7.60. The Morgan fingerprint density at radius 3 is 2.81 bits per heavy atom. The van der Waals surface area contributed by atoms with Gasteiger partial charge in [-0.05, 0) is 26.3 Å². The van der Waals surface area contributed by atoms with E-state index in [1.807, 2.05) is 6.92 Å². The zero-order chi connectivity index (χ0) is 12.0. The second-order valence-electron chi connectivity index (χ2n) is 3.44. The van der Waals surface area contributed by atoms with E-state index in [1.54, 1.807) is 4.57 Å². The molecule has 1 rings (SSSR count). The summed E-state index contributed by atoms with van der Waals surface area (Å²) in [6.45, 7) is 3.60. The van der Waals surface area contributed by atoms with Gasteiger partial charge in [-0.2, -0.15) is 0 Å². The predicted molar refractivity (Wildman–Crippen MR) is 61.4 cm³/mol. The summed E-state index contributed by atoms with van der Waals surface area (Å²) in [4.78, 5) is 3.85. The quantitative estimate of drug-likeness (QED) is 0.658. The molecule has 0 aliphatic heterocycles. The van der Waals surface area contributed by atoms with Crippen LogP contribution in [0.3, 0.4) is 0 Å². The van der Waals surface area contributed by atoms with Gasteiger partial charge < -0.3 is 10.3 Å². The highest BCUT2D eigenvalue weighted by Crippen LogP contribution is 2.04. The van der Waals surface area contributed by atoms with Crippen molar-refractivity contribution in [1.29, 1.82) is 0 Å². The molecule has 0 spiro atoms. The first-order valence-corrected chi connectivity index (χ1v) is 6.80. The van der Waals surface area contributed by atoms with Crippen molar-refractivity contribution in [2.75, 3.05) is 13.1 Å². The van der Waals surface area contributed by atoms with E-state index in [9.17, 15) is 8.42 Å². The molecule has 3 N–H and O–H groups in total. The Hall–Kier alpha value is -0.920. The van der Waals surface area contributed by atoms with E-state index in [1.165, 1.54) is 12.5 Å². The Balaban J connectivity index is 2.56. The maximum Gasteiger partial charge on any atom is 0.259 e. The van der Waals surface area contributed by atoms with Crippen LogP contribution in [0.15, 0.2) is 17.6 Å². The van der Waals surface area contributed by atoms with Crippen molar-refractivity contribution in [2.45, 2.75) is 31.3 Å². The first kappa shape index (κ1) is 13.1. The smallest absolute Gasteiger partial charge is 0.259 e. The Bertz CT molecular complexity index is 413. The molecular formula is C9H18N4O2S. The summed E-state index contributed by atoms with van der Waals surface area (Å²) in [5.74, 6) is 0. The van der Waals surface area contributed by atoms with Crippen LogP contribution in [0, 0.1) is 0 Å². The van der Waals surface area contributed by atoms with Crippen molar-refractivity contribution in [2.24, 2.45) is 5.73 Å². The molecule has 0 atom stereocenters. The second-order valence-corrected chi connectivity index (χ2v) is 5.15. The molecule has 6 nitrogen and oxygen atoms in total. The average Bonchev–Trinajstić information content (AvgIpc) is 2.73. The second kappa shape index (κ2) is 5.97. The topological polar surface area (TPSA) is 90.0 Å². The number of nitrogens with two attached hydrogens (primary N) is 1. The van der Waals surface area contributed by atoms with Crippen LogP contribution in [0.25, 0.3) is 0 Å². The highest BCUT2D eigenvalue weighted by molar-refractivity contribution is 7.89. The predicted octanol–water partition coefficient (Wildman–Crippen LogP) is -0.0798. The highest BCUT2D eigenvalue weighted by atomic mass is 32.2. The molecule has 1 aromatic rings. The standard InChI is InChI=1S/C9H18N4O2S/c1-2-13-7-9(11-8-13)16(14,15)12-6-4-3-5-10/h7-8,12H,2-6,10H2,1H3. The number of unbranched alkanes of at least 4 members (excludes halogenated alkanes) is 1. The molecule has 1 aromatic heterocycles. The minimum Gasteiger partial charge on any atom is -0.336 e. The van der Waals surface area contributed by atoms with Crippen LogP contribution >= 0.6 is 0 Å². The van der Waals surface area contributed by atoms with Gasteiger partial charge in [-0.15, -0.1) is 0 Å². The van der Waals surface area contributed by atoms with E-state index >= 15 is 0 Å². The van der Waals surface area contributed by atoms with Crippen molar-refractivity contribution in [3.63, 3.8) is 0 Å². The minimum atomic E-state index is -3.45. The lowest BCUT2D eigenvalue weighted by atomic mass is 10.3. The number of hydrogen-bond donors (Lipinski definition) is 2. The van der Waals surface area contributed by atoms with E-state index in [0.29, 0.717) is 19.6 Å². The molecule has 0 radical (unpaired) electrons. The van der Waals surface area contributed by atoms with Crippen LogP contribution in [0.4, 0.5) is 0 Å². The molecule has 0 unspecified atom stereocenters. The van der Waals surface area contributed by atoms with Crippen molar-refractivity contribution in [3.05, 3.63) is 12.5 Å². The molecule has 0 aromatic carbocycles. The number of sulfonamides is 1. The number of rotatable bonds is 7. The molecule has 7 heteroatoms. The van der Waals surface area contributed by atoms with Gasteiger partial charge in [0.25, 0.3) is 10.0 Å². The largest absolute Gasteiger partial charge is 0.336 e. The maximum atomic E-state index is 11.7. The summed E-state index contributed by atoms with van der Waals surface area (Å²) in [6, 6.07) is 0. The van der Waals surface area contributed by atoms with Crippen LogP contribution < -0.4 is 10.5 Å². The van der Waals surface area contributed by atoms with Gasteiger partial charge in [-0.1, -0.05) is 0 Å². The van der Waals surface area contributed by atoms with Crippen LogP contribution in [0.2, 0.25) is 0 Å². The fourth-order valence-corrected chi connectivity index (χ4v) is 2.22. The van der Waals surface area contributed by atoms with Gasteiger partial charge in [0, 0.05) is 19.3 Å². The van der Waals surface area contributed by atoms with E-state index < -0.39 is 10.0 Å². The number of hydrogen-bond acceptors (Lipinski definition) is 4. The molecule has 16 heavy (non-hydrogen) atoms. The summed E-state index contributed by atoms with van der Waals surface area (Å²) in [6.07, 6.45) is 4.58. The normalized spacial score (nSPS) is 11.9. The molecule has 1 heterocycles. The van der Waals surface area contributed by atoms with E-state index in [-0.39, 0.29) is 5.03 Å². The monoisotopic (exact) mass is 246 g/mol. The van der Waals surface area contributed by atoms with Gasteiger partial charge in [-0.25, -0.2) is 18.1 Å². The molecule has 0 aliphatic rings. The van der Waals surface area contributed by atoms with Gasteiger partial charge in [0.15, 0.2) is 5.03 Å². The third-order valence-electron chi connectivity index (χ3n) is 2.17. The molecule has 0 bridgehead atoms. The van der Waals surface area contributed by atoms with Gasteiger partial charge in [-0.3, -0.25) is 0 Å². The zero-order valence-corrected chi connectivity index (χ0v) is 10.2. The Morgan fingerprint density at radius 1 is 1.50 bits per heavy atom. The Kier molecular flexibility index (Phi) is 4.91. The lowest BCUT2D eigenvalue weighted by Gasteiger charge is -2.02. The molecule has 0 fully saturated rings. The number of imidazole rings is 1. The summed E-state index contributed by atoms with van der Waals surface area (Å²) in [5, 5.41) is 0.0714. The summed E-state index contributed by atoms with van der Waals surface area (Å²) in [7, 11) is -3.45. The fraction of sp³-hybridized carbons (Fsp3) is 0.667. The lowest BCUT2D eigenvalue weighted by molar-refractivity contribution is 0.573. The summed E-state index contributed by atoms with van der Waals surface area (Å²) >= 11 is 0. The van der Waals surface area contributed by atoms with Gasteiger partial charge >= 0.3 is 0 Å². The molecule has 0 aliphatic carbocycles. The Morgan fingerprint density at radius 2 is 2.25 bits per heavy atom. The number of nitrogens with zero attached hydrogens (tertiary/aromatic N) is 2. The van der Waals surface area contributed by atoms with Crippen molar-refractivity contribution >= 4 is 10.0 Å². The van der Waals surface area contributed by atoms with Gasteiger partial charge in [0.1, 0.15) is 0 Å². The van der Waals surface area contributed by atoms with Crippen LogP contribution in [0.1, 0.15) is 19.8 Å². The third kappa shape index (κ3) is 3.58. The lowest BCUT2D eigenvalue weighted by Crippen LogP contribution is -2.25. The zero-order valence-electron chi connectivity index (χ0n) is 9.39. The third-order valence-corrected chi connectivity index (χ3v) is 3.52. The van der Waals surface area contributed by atoms with Crippen molar-refractivity contribution < 1.29 is 8.42 Å². The minimum absolute atomic E-state index is 0.0714. The molecule has 92 valence electrons. The molecule has 0 saturated carbocycles. The van der Waals surface area contributed by atoms with Gasteiger partial charge in [0.2, 0.25) is 0 Å². The maximum absolute atomic E-state index is 11.7. The van der Waals surface area contributed by atoms with E-state index in [4.69, 9.17) is 5.73 Å². The van der Waals surface area contributed by atoms with Crippen LogP contribution in [0.5, 0.6) is 0 Å². The van der Waals surface area contributed by atoms with E-state index in [2.05, 4.69) is 9.71 Å². The molecule has 0 amide bonds. The number of aryl methyl sites for hydroxylation is 1. The van der Waals surface area contributed by atoms with Crippen molar-refractivity contribution in [1.82, 2.24) is 14.3 Å². The first-order valence-electron chi connectivity index (χ1n) is 5.31. The highest BCUT2D eigenvalue weighted by Gasteiger charge is 2.15. The average molecular weight is 246 g/mol. The molecule has 0 saturated heterocycles. The Labute approximate surface area is 95.9 Å².